The Labute approximate surface area is 202 Å². The summed E-state index contributed by atoms with van der Waals surface area (Å²) >= 11 is 3.42. The second kappa shape index (κ2) is 10.6. The molecule has 2 atom stereocenters. The fourth-order valence-corrected chi connectivity index (χ4v) is 5.87. The lowest BCUT2D eigenvalue weighted by atomic mass is 9.83. The van der Waals surface area contributed by atoms with Crippen LogP contribution in [0.3, 0.4) is 0 Å². The van der Waals surface area contributed by atoms with Crippen LogP contribution in [0.25, 0.3) is 10.9 Å². The molecule has 0 radical (unpaired) electrons. The normalized spacial score (nSPS) is 13.7. The quantitative estimate of drug-likeness (QED) is 0.136. The predicted molar refractivity (Wildman–Crippen MR) is 132 cm³/mol. The van der Waals surface area contributed by atoms with E-state index in [1.807, 2.05) is 13.8 Å². The number of carbonyl (C=O) groups excluding carboxylic acids is 1. The van der Waals surface area contributed by atoms with Gasteiger partial charge in [-0.05, 0) is 49.2 Å². The number of hydrogen-bond acceptors (Lipinski definition) is 5. The van der Waals surface area contributed by atoms with Crippen LogP contribution in [-0.2, 0) is 14.8 Å². The lowest BCUT2D eigenvalue weighted by molar-refractivity contribution is -0.484. The Bertz CT molecular complexity index is 1250. The molecule has 3 aromatic rings. The molecule has 9 heteroatoms. The number of halogens is 1. The van der Waals surface area contributed by atoms with E-state index in [-0.39, 0.29) is 4.90 Å². The highest BCUT2D eigenvalue weighted by atomic mass is 79.9. The van der Waals surface area contributed by atoms with Crippen LogP contribution in [0, 0.1) is 23.0 Å². The molecule has 1 heterocycles. The standard InChI is InChI=1S/C24H27BrN2O5S/c1-3-4-5-6-18(16-28)22(15-27(29)30)23-14-26(24-12-9-19(25)13-21(23)24)33(31,32)20-10-7-17(2)8-11-20/h7-14,16,18,22H,3-6,15H2,1-2H3/t18-,22-/m1/s1. The molecule has 0 fully saturated rings. The van der Waals surface area contributed by atoms with Crippen LogP contribution in [0.4, 0.5) is 0 Å². The van der Waals surface area contributed by atoms with Gasteiger partial charge in [0, 0.05) is 26.9 Å². The highest BCUT2D eigenvalue weighted by molar-refractivity contribution is 9.10. The highest BCUT2D eigenvalue weighted by Crippen LogP contribution is 2.37. The topological polar surface area (TPSA) is 99.3 Å². The Kier molecular flexibility index (Phi) is 8.07. The average molecular weight is 535 g/mol. The van der Waals surface area contributed by atoms with Crippen molar-refractivity contribution in [2.45, 2.75) is 50.3 Å². The molecule has 0 aliphatic carbocycles. The van der Waals surface area contributed by atoms with Crippen LogP contribution in [-0.4, -0.2) is 30.1 Å². The van der Waals surface area contributed by atoms with Gasteiger partial charge in [-0.25, -0.2) is 12.4 Å². The summed E-state index contributed by atoms with van der Waals surface area (Å²) in [6, 6.07) is 11.7. The maximum absolute atomic E-state index is 13.5. The zero-order chi connectivity index (χ0) is 24.2. The molecule has 0 N–H and O–H groups in total. The van der Waals surface area contributed by atoms with Crippen molar-refractivity contribution in [2.24, 2.45) is 5.92 Å². The molecule has 0 amide bonds. The molecule has 33 heavy (non-hydrogen) atoms. The van der Waals surface area contributed by atoms with E-state index >= 15 is 0 Å². The van der Waals surface area contributed by atoms with Crippen molar-refractivity contribution in [3.05, 3.63) is 74.4 Å². The number of nitro groups is 1. The first-order chi connectivity index (χ1) is 15.7. The first-order valence-corrected chi connectivity index (χ1v) is 13.1. The van der Waals surface area contributed by atoms with Crippen LogP contribution in [0.5, 0.6) is 0 Å². The van der Waals surface area contributed by atoms with Crippen LogP contribution in [0.15, 0.2) is 58.0 Å². The number of aldehydes is 1. The monoisotopic (exact) mass is 534 g/mol. The van der Waals surface area contributed by atoms with Gasteiger partial charge in [-0.2, -0.15) is 0 Å². The summed E-state index contributed by atoms with van der Waals surface area (Å²) < 4.78 is 28.9. The summed E-state index contributed by atoms with van der Waals surface area (Å²) in [7, 11) is -3.95. The Balaban J connectivity index is 2.20. The van der Waals surface area contributed by atoms with Crippen molar-refractivity contribution in [3.63, 3.8) is 0 Å². The van der Waals surface area contributed by atoms with Gasteiger partial charge in [-0.3, -0.25) is 10.1 Å². The van der Waals surface area contributed by atoms with Crippen molar-refractivity contribution < 1.29 is 18.1 Å². The van der Waals surface area contributed by atoms with E-state index in [4.69, 9.17) is 0 Å². The zero-order valence-corrected chi connectivity index (χ0v) is 21.0. The first kappa shape index (κ1) is 25.1. The van der Waals surface area contributed by atoms with E-state index in [0.29, 0.717) is 22.9 Å². The molecule has 7 nitrogen and oxygen atoms in total. The van der Waals surface area contributed by atoms with Gasteiger partial charge in [0.2, 0.25) is 6.54 Å². The third-order valence-electron chi connectivity index (χ3n) is 5.92. The Hall–Kier alpha value is -2.52. The summed E-state index contributed by atoms with van der Waals surface area (Å²) in [5.41, 5.74) is 1.84. The smallest absolute Gasteiger partial charge is 0.268 e. The molecule has 0 unspecified atom stereocenters. The van der Waals surface area contributed by atoms with E-state index in [2.05, 4.69) is 15.9 Å². The first-order valence-electron chi connectivity index (χ1n) is 10.9. The second-order valence-electron chi connectivity index (χ2n) is 8.28. The molecule has 0 aliphatic rings. The van der Waals surface area contributed by atoms with Gasteiger partial charge >= 0.3 is 0 Å². The number of unbranched alkanes of at least 4 members (excludes halogenated alkanes) is 2. The lowest BCUT2D eigenvalue weighted by Crippen LogP contribution is -2.22. The van der Waals surface area contributed by atoms with Gasteiger partial charge in [0.05, 0.1) is 16.3 Å². The van der Waals surface area contributed by atoms with Gasteiger partial charge < -0.3 is 4.79 Å². The molecule has 176 valence electrons. The molecule has 0 saturated heterocycles. The van der Waals surface area contributed by atoms with Gasteiger partial charge in [-0.1, -0.05) is 59.8 Å². The van der Waals surface area contributed by atoms with Crippen LogP contribution in [0.2, 0.25) is 0 Å². The van der Waals surface area contributed by atoms with Crippen molar-refractivity contribution in [3.8, 4) is 0 Å². The van der Waals surface area contributed by atoms with Gasteiger partial charge in [-0.15, -0.1) is 0 Å². The largest absolute Gasteiger partial charge is 0.303 e. The molecule has 2 aromatic carbocycles. The van der Waals surface area contributed by atoms with Crippen molar-refractivity contribution >= 4 is 43.1 Å². The fraction of sp³-hybridized carbons (Fsp3) is 0.375. The van der Waals surface area contributed by atoms with Gasteiger partial charge in [0.25, 0.3) is 10.0 Å². The number of nitrogens with zero attached hydrogens (tertiary/aromatic N) is 2. The minimum Gasteiger partial charge on any atom is -0.303 e. The maximum Gasteiger partial charge on any atom is 0.268 e. The zero-order valence-electron chi connectivity index (χ0n) is 18.6. The van der Waals surface area contributed by atoms with Gasteiger partial charge in [0.15, 0.2) is 0 Å². The molecule has 0 saturated carbocycles. The van der Waals surface area contributed by atoms with Crippen LogP contribution < -0.4 is 0 Å². The summed E-state index contributed by atoms with van der Waals surface area (Å²) in [5, 5.41) is 12.1. The van der Waals surface area contributed by atoms with Crippen molar-refractivity contribution in [1.82, 2.24) is 3.97 Å². The minimum absolute atomic E-state index is 0.125. The fourth-order valence-electron chi connectivity index (χ4n) is 4.13. The summed E-state index contributed by atoms with van der Waals surface area (Å²) in [5.74, 6) is -1.32. The number of hydrogen-bond donors (Lipinski definition) is 0. The maximum atomic E-state index is 13.5. The number of aryl methyl sites for hydroxylation is 1. The molecule has 0 bridgehead atoms. The second-order valence-corrected chi connectivity index (χ2v) is 11.0. The number of aromatic nitrogens is 1. The number of benzene rings is 2. The van der Waals surface area contributed by atoms with E-state index in [1.54, 1.807) is 42.5 Å². The minimum atomic E-state index is -3.95. The number of carbonyl (C=O) groups is 1. The average Bonchev–Trinajstić information content (AvgIpc) is 3.15. The number of rotatable bonds is 11. The Morgan fingerprint density at radius 2 is 1.85 bits per heavy atom. The van der Waals surface area contributed by atoms with Crippen molar-refractivity contribution in [1.29, 1.82) is 0 Å². The lowest BCUT2D eigenvalue weighted by Gasteiger charge is -2.19. The third kappa shape index (κ3) is 5.52. The molecule has 1 aromatic heterocycles. The summed E-state index contributed by atoms with van der Waals surface area (Å²) in [6.45, 7) is 3.47. The van der Waals surface area contributed by atoms with Crippen LogP contribution in [0.1, 0.15) is 49.7 Å². The van der Waals surface area contributed by atoms with E-state index in [1.165, 1.54) is 10.2 Å². The molecule has 3 rings (SSSR count). The predicted octanol–water partition coefficient (Wildman–Crippen LogP) is 5.70. The van der Waals surface area contributed by atoms with Crippen LogP contribution >= 0.6 is 15.9 Å². The molecule has 0 aliphatic heterocycles. The molecule has 0 spiro atoms. The van der Waals surface area contributed by atoms with Gasteiger partial charge in [0.1, 0.15) is 6.29 Å². The highest BCUT2D eigenvalue weighted by Gasteiger charge is 2.32. The van der Waals surface area contributed by atoms with Crippen molar-refractivity contribution in [2.75, 3.05) is 6.54 Å². The molecular weight excluding hydrogens is 508 g/mol. The summed E-state index contributed by atoms with van der Waals surface area (Å²) in [4.78, 5) is 23.2. The van der Waals surface area contributed by atoms with E-state index in [0.717, 1.165) is 35.6 Å². The molecular formula is C24H27BrN2O5S. The SMILES string of the molecule is CCCCC[C@H](C=O)[C@@H](C[N+](=O)[O-])c1cn(S(=O)(=O)c2ccc(C)cc2)c2ccc(Br)cc12. The Morgan fingerprint density at radius 3 is 2.45 bits per heavy atom. The Morgan fingerprint density at radius 1 is 1.15 bits per heavy atom. The summed E-state index contributed by atoms with van der Waals surface area (Å²) in [6.07, 6.45) is 5.41. The van der Waals surface area contributed by atoms with E-state index in [9.17, 15) is 23.3 Å². The third-order valence-corrected chi connectivity index (χ3v) is 8.10. The number of fused-ring (bicyclic) bond motifs is 1. The van der Waals surface area contributed by atoms with E-state index < -0.39 is 33.3 Å².